The molecule has 6 rings (SSSR count). The summed E-state index contributed by atoms with van der Waals surface area (Å²) in [6.07, 6.45) is 2.55. The molecular weight excluding hydrogens is 498 g/mol. The van der Waals surface area contributed by atoms with Gasteiger partial charge in [0.2, 0.25) is 0 Å². The van der Waals surface area contributed by atoms with Gasteiger partial charge in [-0.05, 0) is 45.1 Å². The van der Waals surface area contributed by atoms with Gasteiger partial charge in [-0.3, -0.25) is 0 Å². The van der Waals surface area contributed by atoms with E-state index < -0.39 is 14.6 Å². The van der Waals surface area contributed by atoms with Crippen molar-refractivity contribution in [2.45, 2.75) is 13.8 Å². The Hall–Kier alpha value is -3.69. The Balaban J connectivity index is 0.000000164. The van der Waals surface area contributed by atoms with Crippen molar-refractivity contribution in [1.82, 2.24) is 0 Å². The predicted octanol–water partition coefficient (Wildman–Crippen LogP) is 6.92. The molecule has 196 valence electrons. The summed E-state index contributed by atoms with van der Waals surface area (Å²) in [7, 11) is -3.33. The van der Waals surface area contributed by atoms with Gasteiger partial charge in [0, 0.05) is 5.39 Å². The van der Waals surface area contributed by atoms with E-state index in [0.717, 1.165) is 26.9 Å². The summed E-state index contributed by atoms with van der Waals surface area (Å²) < 4.78 is 5.16. The average molecular weight is 532 g/mol. The van der Waals surface area contributed by atoms with E-state index in [4.69, 9.17) is 14.7 Å². The zero-order chi connectivity index (χ0) is 27.2. The number of fused-ring (bicyclic) bond motifs is 4. The first-order valence-corrected chi connectivity index (χ1v) is 15.9. The molecule has 0 saturated carbocycles. The quantitative estimate of drug-likeness (QED) is 0.106. The minimum Gasteiger partial charge on any atom is -0.511 e. The van der Waals surface area contributed by atoms with Crippen LogP contribution in [0.1, 0.15) is 13.8 Å². The van der Waals surface area contributed by atoms with Crippen molar-refractivity contribution in [2.24, 2.45) is 0 Å². The van der Waals surface area contributed by atoms with E-state index in [-0.39, 0.29) is 0 Å². The molecule has 5 heteroatoms. The molecule has 0 atom stereocenters. The Bertz CT molecular complexity index is 1640. The van der Waals surface area contributed by atoms with Crippen molar-refractivity contribution in [3.8, 4) is 5.75 Å². The number of rotatable bonds is 6. The van der Waals surface area contributed by atoms with E-state index in [1.54, 1.807) is 16.7 Å². The third kappa shape index (κ3) is 5.56. The molecule has 0 aliphatic heterocycles. The van der Waals surface area contributed by atoms with Crippen LogP contribution >= 0.6 is 7.26 Å². The van der Waals surface area contributed by atoms with E-state index in [1.165, 1.54) is 17.7 Å². The molecule has 0 amide bonds. The molecule has 0 spiro atoms. The molecular formula is C34H34BO3P. The van der Waals surface area contributed by atoms with E-state index in [2.05, 4.69) is 105 Å². The second-order valence-corrected chi connectivity index (χ2v) is 14.5. The molecule has 0 aromatic heterocycles. The van der Waals surface area contributed by atoms with E-state index in [9.17, 15) is 0 Å². The second kappa shape index (κ2) is 12.0. The van der Waals surface area contributed by atoms with E-state index in [1.807, 2.05) is 30.3 Å². The molecule has 2 N–H and O–H groups in total. The monoisotopic (exact) mass is 532 g/mol. The third-order valence-corrected chi connectivity index (χ3v) is 13.1. The maximum absolute atomic E-state index is 9.14. The molecule has 0 aliphatic carbocycles. The molecule has 3 nitrogen and oxygen atoms in total. The number of hydrogen-bond acceptors (Lipinski definition) is 3. The Labute approximate surface area is 231 Å². The van der Waals surface area contributed by atoms with Gasteiger partial charge in [-0.2, -0.15) is 0 Å². The van der Waals surface area contributed by atoms with E-state index >= 15 is 0 Å². The van der Waals surface area contributed by atoms with Crippen molar-refractivity contribution in [2.75, 3.05) is 12.3 Å². The van der Waals surface area contributed by atoms with Gasteiger partial charge in [-0.15, -0.1) is 0 Å². The van der Waals surface area contributed by atoms with Crippen molar-refractivity contribution in [3.05, 3.63) is 127 Å². The maximum Gasteiger partial charge on any atom is 0.707 e. The summed E-state index contributed by atoms with van der Waals surface area (Å²) >= 11 is 0. The third-order valence-electron chi connectivity index (χ3n) is 7.78. The van der Waals surface area contributed by atoms with Crippen molar-refractivity contribution in [3.63, 3.8) is 0 Å². The van der Waals surface area contributed by atoms with Crippen LogP contribution in [0, 0.1) is 0 Å². The van der Waals surface area contributed by atoms with Crippen LogP contribution in [0.15, 0.2) is 127 Å². The SMILES string of the molecule is CC[PH](CC)(c1ccccc1)c1ccccc1.OB(O)Oc1cccc2ccc3cc4ccccc4cc3c12. The Morgan fingerprint density at radius 3 is 1.64 bits per heavy atom. The fraction of sp³-hybridized carbons (Fsp3) is 0.118. The van der Waals surface area contributed by atoms with Gasteiger partial charge in [-0.1, -0.05) is 48.5 Å². The molecule has 0 fully saturated rings. The molecule has 39 heavy (non-hydrogen) atoms. The Morgan fingerprint density at radius 2 is 1.08 bits per heavy atom. The van der Waals surface area contributed by atoms with Crippen LogP contribution in [-0.2, 0) is 0 Å². The first-order chi connectivity index (χ1) is 19.1. The van der Waals surface area contributed by atoms with Crippen LogP contribution in [-0.4, -0.2) is 29.7 Å². The second-order valence-electron chi connectivity index (χ2n) is 9.81. The van der Waals surface area contributed by atoms with Gasteiger partial charge >= 0.3 is 112 Å². The zero-order valence-electron chi connectivity index (χ0n) is 22.4. The average Bonchev–Trinajstić information content (AvgIpc) is 2.98. The topological polar surface area (TPSA) is 49.7 Å². The predicted molar refractivity (Wildman–Crippen MR) is 171 cm³/mol. The summed E-state index contributed by atoms with van der Waals surface area (Å²) in [5.74, 6) is 0.466. The summed E-state index contributed by atoms with van der Waals surface area (Å²) in [5.41, 5.74) is 0. The van der Waals surface area contributed by atoms with Gasteiger partial charge in [0.05, 0.1) is 0 Å². The fourth-order valence-corrected chi connectivity index (χ4v) is 9.85. The van der Waals surface area contributed by atoms with Gasteiger partial charge in [0.25, 0.3) is 0 Å². The number of hydrogen-bond donors (Lipinski definition) is 2. The molecule has 6 aromatic rings. The van der Waals surface area contributed by atoms with Crippen LogP contribution in [0.2, 0.25) is 0 Å². The minimum absolute atomic E-state index is 0.466. The standard InChI is InChI=1S/C18H13BO3.C16H21P/c20-19(21)22-17-7-3-6-12-8-9-15-10-13-4-1-2-5-14(13)11-16(15)18(12)17;1-3-17(4-2,15-11-7-5-8-12-15)16-13-9-6-10-14-16/h1-11,20-21H;5-14,17H,3-4H2,1-2H3. The van der Waals surface area contributed by atoms with Crippen molar-refractivity contribution < 1.29 is 14.7 Å². The normalized spacial score (nSPS) is 11.7. The van der Waals surface area contributed by atoms with Crippen LogP contribution in [0.4, 0.5) is 0 Å². The molecule has 0 heterocycles. The smallest absolute Gasteiger partial charge is 0.511 e. The van der Waals surface area contributed by atoms with Crippen LogP contribution < -0.4 is 15.3 Å². The van der Waals surface area contributed by atoms with Crippen molar-refractivity contribution in [1.29, 1.82) is 0 Å². The molecule has 0 radical (unpaired) electrons. The Morgan fingerprint density at radius 1 is 0.564 bits per heavy atom. The molecule has 0 saturated heterocycles. The van der Waals surface area contributed by atoms with Gasteiger partial charge in [0.15, 0.2) is 0 Å². The minimum atomic E-state index is -1.83. The van der Waals surface area contributed by atoms with Gasteiger partial charge in [0.1, 0.15) is 5.75 Å². The van der Waals surface area contributed by atoms with Crippen LogP contribution in [0.25, 0.3) is 32.3 Å². The summed E-state index contributed by atoms with van der Waals surface area (Å²) in [4.78, 5) is 0. The first-order valence-electron chi connectivity index (χ1n) is 13.5. The van der Waals surface area contributed by atoms with Gasteiger partial charge < -0.3 is 14.7 Å². The Kier molecular flexibility index (Phi) is 8.28. The summed E-state index contributed by atoms with van der Waals surface area (Å²) in [6.45, 7) is 4.69. The van der Waals surface area contributed by atoms with Crippen LogP contribution in [0.5, 0.6) is 5.75 Å². The van der Waals surface area contributed by atoms with Gasteiger partial charge in [-0.25, -0.2) is 0 Å². The fourth-order valence-electron chi connectivity index (χ4n) is 5.73. The summed E-state index contributed by atoms with van der Waals surface area (Å²) in [6, 6.07) is 44.2. The molecule has 0 unspecified atom stereocenters. The molecule has 0 aliphatic rings. The largest absolute Gasteiger partial charge is 0.707 e. The summed E-state index contributed by atoms with van der Waals surface area (Å²) in [5, 5.41) is 27.7. The van der Waals surface area contributed by atoms with Crippen LogP contribution in [0.3, 0.4) is 0 Å². The van der Waals surface area contributed by atoms with Crippen molar-refractivity contribution >= 4 is 57.5 Å². The molecule has 0 bridgehead atoms. The number of benzene rings is 6. The zero-order valence-corrected chi connectivity index (χ0v) is 23.4. The molecule has 6 aromatic carbocycles. The first kappa shape index (κ1) is 26.9. The van der Waals surface area contributed by atoms with E-state index in [0.29, 0.717) is 5.75 Å². The maximum atomic E-state index is 9.14.